The van der Waals surface area contributed by atoms with Crippen molar-refractivity contribution in [2.45, 2.75) is 32.4 Å². The fourth-order valence-corrected chi connectivity index (χ4v) is 3.33. The second-order valence-corrected chi connectivity index (χ2v) is 7.21. The highest BCUT2D eigenvalue weighted by Gasteiger charge is 2.31. The van der Waals surface area contributed by atoms with Crippen LogP contribution in [0.1, 0.15) is 20.8 Å². The van der Waals surface area contributed by atoms with E-state index >= 15 is 0 Å². The minimum Gasteiger partial charge on any atom is -0.389 e. The maximum Gasteiger partial charge on any atom is 0.211 e. The SMILES string of the molecule is C[C@H]1CN(CC(C)(C)O)CCN1S(C)(=O)=O. The van der Waals surface area contributed by atoms with E-state index in [-0.39, 0.29) is 6.04 Å². The molecule has 0 aromatic rings. The van der Waals surface area contributed by atoms with E-state index < -0.39 is 15.6 Å². The summed E-state index contributed by atoms with van der Waals surface area (Å²) >= 11 is 0. The zero-order chi connectivity index (χ0) is 12.6. The third-order valence-corrected chi connectivity index (χ3v) is 4.08. The van der Waals surface area contributed by atoms with Crippen LogP contribution >= 0.6 is 0 Å². The van der Waals surface area contributed by atoms with Crippen LogP contribution in [0.15, 0.2) is 0 Å². The van der Waals surface area contributed by atoms with Crippen LogP contribution in [0.2, 0.25) is 0 Å². The molecule has 1 fully saturated rings. The van der Waals surface area contributed by atoms with E-state index in [1.54, 1.807) is 13.8 Å². The van der Waals surface area contributed by atoms with Crippen molar-refractivity contribution in [2.24, 2.45) is 0 Å². The van der Waals surface area contributed by atoms with Gasteiger partial charge in [0, 0.05) is 32.2 Å². The molecule has 16 heavy (non-hydrogen) atoms. The van der Waals surface area contributed by atoms with Gasteiger partial charge in [-0.3, -0.25) is 4.90 Å². The molecule has 6 heteroatoms. The lowest BCUT2D eigenvalue weighted by molar-refractivity contribution is 0.0181. The smallest absolute Gasteiger partial charge is 0.211 e. The first kappa shape index (κ1) is 13.9. The van der Waals surface area contributed by atoms with Crippen molar-refractivity contribution < 1.29 is 13.5 Å². The fourth-order valence-electron chi connectivity index (χ4n) is 2.20. The van der Waals surface area contributed by atoms with Crippen LogP contribution in [-0.2, 0) is 10.0 Å². The Labute approximate surface area is 98.1 Å². The third kappa shape index (κ3) is 4.01. The van der Waals surface area contributed by atoms with Crippen molar-refractivity contribution in [3.8, 4) is 0 Å². The molecule has 1 heterocycles. The van der Waals surface area contributed by atoms with Gasteiger partial charge in [0.2, 0.25) is 10.0 Å². The minimum atomic E-state index is -3.10. The summed E-state index contributed by atoms with van der Waals surface area (Å²) < 4.78 is 24.4. The normalized spacial score (nSPS) is 25.9. The average molecular weight is 250 g/mol. The van der Waals surface area contributed by atoms with Gasteiger partial charge in [-0.1, -0.05) is 0 Å². The average Bonchev–Trinajstić information content (AvgIpc) is 1.97. The van der Waals surface area contributed by atoms with Crippen molar-refractivity contribution in [1.82, 2.24) is 9.21 Å². The standard InChI is InChI=1S/C10H22N2O3S/c1-9-7-11(8-10(2,3)13)5-6-12(9)16(4,14)15/h9,13H,5-8H2,1-4H3/t9-/m0/s1. The van der Waals surface area contributed by atoms with Gasteiger partial charge in [-0.05, 0) is 20.8 Å². The van der Waals surface area contributed by atoms with Gasteiger partial charge in [0.25, 0.3) is 0 Å². The number of hydrogen-bond acceptors (Lipinski definition) is 4. The molecule has 0 bridgehead atoms. The highest BCUT2D eigenvalue weighted by molar-refractivity contribution is 7.88. The van der Waals surface area contributed by atoms with E-state index in [4.69, 9.17) is 0 Å². The topological polar surface area (TPSA) is 60.9 Å². The number of rotatable bonds is 3. The summed E-state index contributed by atoms with van der Waals surface area (Å²) in [6, 6.07) is -0.0221. The van der Waals surface area contributed by atoms with Crippen LogP contribution in [0.25, 0.3) is 0 Å². The summed E-state index contributed by atoms with van der Waals surface area (Å²) in [4.78, 5) is 2.10. The lowest BCUT2D eigenvalue weighted by atomic mass is 10.1. The Morgan fingerprint density at radius 3 is 2.31 bits per heavy atom. The molecule has 0 aromatic heterocycles. The van der Waals surface area contributed by atoms with Crippen molar-refractivity contribution in [3.05, 3.63) is 0 Å². The molecule has 1 aliphatic rings. The summed E-state index contributed by atoms with van der Waals surface area (Å²) in [5.41, 5.74) is -0.729. The predicted molar refractivity (Wildman–Crippen MR) is 63.7 cm³/mol. The Balaban J connectivity index is 2.59. The van der Waals surface area contributed by atoms with Gasteiger partial charge in [0.1, 0.15) is 0 Å². The molecule has 1 atom stereocenters. The second-order valence-electron chi connectivity index (χ2n) is 5.27. The van der Waals surface area contributed by atoms with Crippen molar-refractivity contribution >= 4 is 10.0 Å². The molecular formula is C10H22N2O3S. The van der Waals surface area contributed by atoms with E-state index in [9.17, 15) is 13.5 Å². The van der Waals surface area contributed by atoms with Crippen LogP contribution in [0.4, 0.5) is 0 Å². The maximum atomic E-state index is 11.4. The van der Waals surface area contributed by atoms with Crippen LogP contribution < -0.4 is 0 Å². The molecule has 1 rings (SSSR count). The molecular weight excluding hydrogens is 228 g/mol. The highest BCUT2D eigenvalue weighted by Crippen LogP contribution is 2.15. The van der Waals surface area contributed by atoms with E-state index in [0.29, 0.717) is 26.2 Å². The zero-order valence-electron chi connectivity index (χ0n) is 10.5. The van der Waals surface area contributed by atoms with Gasteiger partial charge in [-0.2, -0.15) is 4.31 Å². The molecule has 1 aliphatic heterocycles. The monoisotopic (exact) mass is 250 g/mol. The van der Waals surface area contributed by atoms with Crippen LogP contribution in [0.5, 0.6) is 0 Å². The first-order valence-corrected chi connectivity index (χ1v) is 7.36. The highest BCUT2D eigenvalue weighted by atomic mass is 32.2. The molecule has 96 valence electrons. The summed E-state index contributed by atoms with van der Waals surface area (Å²) in [6.45, 7) is 7.88. The van der Waals surface area contributed by atoms with Crippen LogP contribution in [0, 0.1) is 0 Å². The molecule has 0 saturated carbocycles. The van der Waals surface area contributed by atoms with Crippen molar-refractivity contribution in [2.75, 3.05) is 32.4 Å². The molecule has 1 saturated heterocycles. The Morgan fingerprint density at radius 1 is 1.38 bits per heavy atom. The molecule has 0 radical (unpaired) electrons. The van der Waals surface area contributed by atoms with E-state index in [2.05, 4.69) is 4.90 Å². The van der Waals surface area contributed by atoms with Crippen LogP contribution in [0.3, 0.4) is 0 Å². The summed E-state index contributed by atoms with van der Waals surface area (Å²) in [7, 11) is -3.10. The second kappa shape index (κ2) is 4.60. The lowest BCUT2D eigenvalue weighted by Gasteiger charge is -2.40. The van der Waals surface area contributed by atoms with Gasteiger partial charge < -0.3 is 5.11 Å². The number of hydrogen-bond donors (Lipinski definition) is 1. The largest absolute Gasteiger partial charge is 0.389 e. The quantitative estimate of drug-likeness (QED) is 0.748. The number of β-amino-alcohol motifs (C(OH)–C–C–N with tert-alkyl or cyclic N) is 1. The van der Waals surface area contributed by atoms with Crippen molar-refractivity contribution in [1.29, 1.82) is 0 Å². The van der Waals surface area contributed by atoms with Gasteiger partial charge in [0.05, 0.1) is 11.9 Å². The molecule has 0 amide bonds. The maximum absolute atomic E-state index is 11.4. The summed E-state index contributed by atoms with van der Waals surface area (Å²) in [6.07, 6.45) is 1.25. The Hall–Kier alpha value is -0.170. The first-order chi connectivity index (χ1) is 7.09. The predicted octanol–water partition coefficient (Wildman–Crippen LogP) is -0.277. The molecule has 0 unspecified atom stereocenters. The van der Waals surface area contributed by atoms with E-state index in [1.165, 1.54) is 10.6 Å². The molecule has 0 aliphatic carbocycles. The molecule has 1 N–H and O–H groups in total. The Bertz CT molecular complexity index is 334. The summed E-state index contributed by atoms with van der Waals surface area (Å²) in [5, 5.41) is 9.71. The Morgan fingerprint density at radius 2 is 1.94 bits per heavy atom. The van der Waals surface area contributed by atoms with E-state index in [0.717, 1.165) is 0 Å². The summed E-state index contributed by atoms with van der Waals surface area (Å²) in [5.74, 6) is 0. The Kier molecular flexibility index (Phi) is 3.99. The van der Waals surface area contributed by atoms with Gasteiger partial charge in [0.15, 0.2) is 0 Å². The number of sulfonamides is 1. The van der Waals surface area contributed by atoms with Crippen molar-refractivity contribution in [3.63, 3.8) is 0 Å². The number of piperazine rings is 1. The number of nitrogens with zero attached hydrogens (tertiary/aromatic N) is 2. The van der Waals surface area contributed by atoms with Gasteiger partial charge in [-0.15, -0.1) is 0 Å². The van der Waals surface area contributed by atoms with E-state index in [1.807, 2.05) is 6.92 Å². The van der Waals surface area contributed by atoms with Gasteiger partial charge in [-0.25, -0.2) is 8.42 Å². The van der Waals surface area contributed by atoms with Crippen LogP contribution in [-0.4, -0.2) is 66.8 Å². The fraction of sp³-hybridized carbons (Fsp3) is 1.00. The van der Waals surface area contributed by atoms with Gasteiger partial charge >= 0.3 is 0 Å². The molecule has 0 spiro atoms. The number of aliphatic hydroxyl groups is 1. The molecule has 0 aromatic carbocycles. The minimum absolute atomic E-state index is 0.0221. The zero-order valence-corrected chi connectivity index (χ0v) is 11.3. The first-order valence-electron chi connectivity index (χ1n) is 5.51. The third-order valence-electron chi connectivity index (χ3n) is 2.69. The lowest BCUT2D eigenvalue weighted by Crippen LogP contribution is -2.55. The molecule has 5 nitrogen and oxygen atoms in total.